The van der Waals surface area contributed by atoms with Crippen molar-refractivity contribution in [2.75, 3.05) is 19.6 Å². The number of nitrogens with zero attached hydrogens (tertiary/aromatic N) is 1. The van der Waals surface area contributed by atoms with Crippen LogP contribution in [0.4, 0.5) is 0 Å². The Bertz CT molecular complexity index is 464. The van der Waals surface area contributed by atoms with Crippen molar-refractivity contribution in [1.29, 1.82) is 0 Å². The van der Waals surface area contributed by atoms with Gasteiger partial charge in [-0.3, -0.25) is 4.79 Å². The Balaban J connectivity index is 1.62. The molecule has 0 saturated carbocycles. The minimum absolute atomic E-state index is 0.0415. The molecule has 1 heterocycles. The van der Waals surface area contributed by atoms with Crippen LogP contribution in [0.1, 0.15) is 49.4 Å². The Morgan fingerprint density at radius 2 is 2.24 bits per heavy atom. The molecule has 0 aliphatic carbocycles. The lowest BCUT2D eigenvalue weighted by molar-refractivity contribution is 0.0951. The van der Waals surface area contributed by atoms with E-state index >= 15 is 0 Å². The Morgan fingerprint density at radius 3 is 3.00 bits per heavy atom. The molecule has 3 nitrogen and oxygen atoms in total. The van der Waals surface area contributed by atoms with Crippen LogP contribution in [0.25, 0.3) is 0 Å². The topological polar surface area (TPSA) is 32.3 Å². The Hall–Kier alpha value is -0.620. The van der Waals surface area contributed by atoms with Gasteiger partial charge in [-0.25, -0.2) is 0 Å². The highest BCUT2D eigenvalue weighted by Gasteiger charge is 2.17. The van der Waals surface area contributed by atoms with Crippen molar-refractivity contribution in [3.63, 3.8) is 0 Å². The monoisotopic (exact) mass is 400 g/mol. The van der Waals surface area contributed by atoms with E-state index in [1.807, 2.05) is 24.3 Å². The van der Waals surface area contributed by atoms with Gasteiger partial charge in [0.15, 0.2) is 0 Å². The van der Waals surface area contributed by atoms with E-state index in [2.05, 4.69) is 39.7 Å². The molecule has 0 unspecified atom stereocenters. The summed E-state index contributed by atoms with van der Waals surface area (Å²) in [5.41, 5.74) is 0.756. The molecule has 4 heteroatoms. The maximum atomic E-state index is 12.0. The maximum absolute atomic E-state index is 12.0. The highest BCUT2D eigenvalue weighted by atomic mass is 127. The first-order valence-corrected chi connectivity index (χ1v) is 9.02. The van der Waals surface area contributed by atoms with Crippen LogP contribution in [0.5, 0.6) is 0 Å². The Morgan fingerprint density at radius 1 is 1.38 bits per heavy atom. The van der Waals surface area contributed by atoms with E-state index in [0.29, 0.717) is 0 Å². The predicted molar refractivity (Wildman–Crippen MR) is 95.6 cm³/mol. The maximum Gasteiger partial charge on any atom is 0.251 e. The lowest BCUT2D eigenvalue weighted by Crippen LogP contribution is -2.38. The fraction of sp³-hybridized carbons (Fsp3) is 0.588. The summed E-state index contributed by atoms with van der Waals surface area (Å²) in [7, 11) is 0. The van der Waals surface area contributed by atoms with E-state index in [0.717, 1.165) is 34.6 Å². The molecule has 1 aliphatic heterocycles. The first-order valence-electron chi connectivity index (χ1n) is 7.94. The van der Waals surface area contributed by atoms with E-state index in [1.54, 1.807) is 0 Å². The van der Waals surface area contributed by atoms with E-state index in [9.17, 15) is 4.79 Å². The van der Waals surface area contributed by atoms with Gasteiger partial charge in [-0.05, 0) is 86.5 Å². The Labute approximate surface area is 141 Å². The van der Waals surface area contributed by atoms with Crippen LogP contribution in [0.2, 0.25) is 0 Å². The summed E-state index contributed by atoms with van der Waals surface area (Å²) in [6, 6.07) is 8.45. The number of hydrogen-bond donors (Lipinski definition) is 1. The van der Waals surface area contributed by atoms with Gasteiger partial charge >= 0.3 is 0 Å². The van der Waals surface area contributed by atoms with Crippen LogP contribution < -0.4 is 5.32 Å². The zero-order valence-electron chi connectivity index (χ0n) is 12.8. The summed E-state index contributed by atoms with van der Waals surface area (Å²) in [5, 5.41) is 3.01. The highest BCUT2D eigenvalue weighted by molar-refractivity contribution is 14.1. The van der Waals surface area contributed by atoms with Crippen molar-refractivity contribution in [1.82, 2.24) is 10.2 Å². The normalized spacial score (nSPS) is 19.4. The number of halogens is 1. The van der Waals surface area contributed by atoms with Gasteiger partial charge in [0.05, 0.1) is 0 Å². The molecular weight excluding hydrogens is 375 g/mol. The zero-order chi connectivity index (χ0) is 15.1. The van der Waals surface area contributed by atoms with Gasteiger partial charge in [-0.2, -0.15) is 0 Å². The summed E-state index contributed by atoms with van der Waals surface area (Å²) in [5.74, 6) is 0.0415. The molecule has 1 aromatic rings. The van der Waals surface area contributed by atoms with Crippen molar-refractivity contribution >= 4 is 28.5 Å². The van der Waals surface area contributed by atoms with Gasteiger partial charge in [0.1, 0.15) is 0 Å². The number of rotatable bonds is 6. The van der Waals surface area contributed by atoms with Crippen LogP contribution in [0.3, 0.4) is 0 Å². The number of piperidine rings is 1. The molecule has 0 spiro atoms. The van der Waals surface area contributed by atoms with Crippen LogP contribution >= 0.6 is 22.6 Å². The molecule has 1 atom stereocenters. The summed E-state index contributed by atoms with van der Waals surface area (Å²) >= 11 is 2.23. The van der Waals surface area contributed by atoms with Crippen LogP contribution in [-0.4, -0.2) is 36.5 Å². The number of carbonyl (C=O) groups is 1. The van der Waals surface area contributed by atoms with Gasteiger partial charge in [0, 0.05) is 21.7 Å². The molecule has 0 bridgehead atoms. The van der Waals surface area contributed by atoms with E-state index in [1.165, 1.54) is 32.4 Å². The number of carbonyl (C=O) groups excluding carboxylic acids is 1. The molecule has 0 aromatic heterocycles. The molecule has 1 saturated heterocycles. The van der Waals surface area contributed by atoms with Crippen LogP contribution in [-0.2, 0) is 0 Å². The standard InChI is InChI=1S/C17H25IN2O/c1-14-7-2-4-11-20(14)12-5-3-10-19-17(21)15-8-6-9-16(18)13-15/h6,8-9,13-14H,2-5,7,10-12H2,1H3,(H,19,21)/t14-/m0/s1. The predicted octanol–water partition coefficient (Wildman–Crippen LogP) is 3.68. The third-order valence-electron chi connectivity index (χ3n) is 4.19. The number of nitrogens with one attached hydrogen (secondary N) is 1. The summed E-state index contributed by atoms with van der Waals surface area (Å²) in [4.78, 5) is 14.6. The second-order valence-electron chi connectivity index (χ2n) is 5.85. The fourth-order valence-electron chi connectivity index (χ4n) is 2.86. The summed E-state index contributed by atoms with van der Waals surface area (Å²) in [6.45, 7) is 5.51. The molecule has 1 amide bonds. The lowest BCUT2D eigenvalue weighted by Gasteiger charge is -2.33. The van der Waals surface area contributed by atoms with E-state index in [-0.39, 0.29) is 5.91 Å². The summed E-state index contributed by atoms with van der Waals surface area (Å²) in [6.07, 6.45) is 6.27. The molecule has 1 fully saturated rings. The average Bonchev–Trinajstić information content (AvgIpc) is 2.48. The van der Waals surface area contributed by atoms with Crippen molar-refractivity contribution in [2.24, 2.45) is 0 Å². The number of unbranched alkanes of at least 4 members (excludes halogenated alkanes) is 1. The molecule has 0 radical (unpaired) electrons. The number of hydrogen-bond acceptors (Lipinski definition) is 2. The van der Waals surface area contributed by atoms with Crippen LogP contribution in [0, 0.1) is 3.57 Å². The summed E-state index contributed by atoms with van der Waals surface area (Å²) < 4.78 is 1.10. The van der Waals surface area contributed by atoms with Gasteiger partial charge in [-0.15, -0.1) is 0 Å². The van der Waals surface area contributed by atoms with Crippen molar-refractivity contribution < 1.29 is 4.79 Å². The molecular formula is C17H25IN2O. The van der Waals surface area contributed by atoms with Crippen LogP contribution in [0.15, 0.2) is 24.3 Å². The Kier molecular flexibility index (Phi) is 6.96. The van der Waals surface area contributed by atoms with Gasteiger partial charge in [0.2, 0.25) is 0 Å². The number of benzene rings is 1. The quantitative estimate of drug-likeness (QED) is 0.584. The first kappa shape index (κ1) is 16.7. The number of amides is 1. The van der Waals surface area contributed by atoms with Gasteiger partial charge < -0.3 is 10.2 Å². The van der Waals surface area contributed by atoms with E-state index < -0.39 is 0 Å². The highest BCUT2D eigenvalue weighted by Crippen LogP contribution is 2.16. The first-order chi connectivity index (χ1) is 10.2. The second kappa shape index (κ2) is 8.73. The van der Waals surface area contributed by atoms with Gasteiger partial charge in [0.25, 0.3) is 5.91 Å². The van der Waals surface area contributed by atoms with E-state index in [4.69, 9.17) is 0 Å². The minimum Gasteiger partial charge on any atom is -0.352 e. The van der Waals surface area contributed by atoms with Crippen molar-refractivity contribution in [3.05, 3.63) is 33.4 Å². The molecule has 1 aromatic carbocycles. The fourth-order valence-corrected chi connectivity index (χ4v) is 3.41. The van der Waals surface area contributed by atoms with Crippen molar-refractivity contribution in [2.45, 2.75) is 45.1 Å². The minimum atomic E-state index is 0.0415. The lowest BCUT2D eigenvalue weighted by atomic mass is 10.0. The van der Waals surface area contributed by atoms with Gasteiger partial charge in [-0.1, -0.05) is 12.5 Å². The third kappa shape index (κ3) is 5.58. The third-order valence-corrected chi connectivity index (χ3v) is 4.86. The molecule has 21 heavy (non-hydrogen) atoms. The molecule has 116 valence electrons. The average molecular weight is 400 g/mol. The number of likely N-dealkylation sites (tertiary alicyclic amines) is 1. The largest absolute Gasteiger partial charge is 0.352 e. The zero-order valence-corrected chi connectivity index (χ0v) is 14.9. The molecule has 2 rings (SSSR count). The molecule has 1 aliphatic rings. The smallest absolute Gasteiger partial charge is 0.251 e. The molecule has 1 N–H and O–H groups in total. The van der Waals surface area contributed by atoms with Crippen molar-refractivity contribution in [3.8, 4) is 0 Å². The second-order valence-corrected chi connectivity index (χ2v) is 7.10. The SMILES string of the molecule is C[C@H]1CCCCN1CCCCNC(=O)c1cccc(I)c1.